The molecule has 0 bridgehead atoms. The van der Waals surface area contributed by atoms with Crippen LogP contribution in [0.4, 0.5) is 0 Å². The van der Waals surface area contributed by atoms with E-state index in [-0.39, 0.29) is 23.6 Å². The molecule has 2 aliphatic rings. The largest absolute Gasteiger partial charge is 0.351 e. The maximum Gasteiger partial charge on any atom is 0.292 e. The van der Waals surface area contributed by atoms with Crippen molar-refractivity contribution in [2.75, 3.05) is 32.7 Å². The van der Waals surface area contributed by atoms with Crippen molar-refractivity contribution in [2.24, 2.45) is 0 Å². The van der Waals surface area contributed by atoms with Crippen molar-refractivity contribution in [2.45, 2.75) is 32.4 Å². The summed E-state index contributed by atoms with van der Waals surface area (Å²) in [5, 5.41) is 3.79. The van der Waals surface area contributed by atoms with Crippen molar-refractivity contribution >= 4 is 11.8 Å². The molecule has 0 unspecified atom stereocenters. The van der Waals surface area contributed by atoms with E-state index in [9.17, 15) is 9.59 Å². The Labute approximate surface area is 164 Å². The van der Waals surface area contributed by atoms with Crippen LogP contribution in [0.2, 0.25) is 0 Å². The van der Waals surface area contributed by atoms with Crippen LogP contribution in [0.15, 0.2) is 40.9 Å². The van der Waals surface area contributed by atoms with Gasteiger partial charge in [-0.15, -0.1) is 0 Å². The Morgan fingerprint density at radius 1 is 1.14 bits per heavy atom. The Morgan fingerprint density at radius 3 is 2.57 bits per heavy atom. The van der Waals surface area contributed by atoms with Crippen molar-refractivity contribution in [3.63, 3.8) is 0 Å². The molecule has 2 saturated heterocycles. The third-order valence-corrected chi connectivity index (χ3v) is 5.60. The molecule has 1 aromatic heterocycles. The Bertz CT molecular complexity index is 827. The van der Waals surface area contributed by atoms with Crippen molar-refractivity contribution in [1.29, 1.82) is 0 Å². The smallest absolute Gasteiger partial charge is 0.292 e. The molecule has 0 N–H and O–H groups in total. The first-order valence-corrected chi connectivity index (χ1v) is 9.91. The number of likely N-dealkylation sites (tertiary alicyclic amines) is 1. The lowest BCUT2D eigenvalue weighted by Crippen LogP contribution is -2.58. The first-order valence-electron chi connectivity index (χ1n) is 9.91. The second-order valence-corrected chi connectivity index (χ2v) is 7.56. The van der Waals surface area contributed by atoms with E-state index >= 15 is 0 Å². The van der Waals surface area contributed by atoms with E-state index < -0.39 is 0 Å². The average Bonchev–Trinajstić information content (AvgIpc) is 3.16. The summed E-state index contributed by atoms with van der Waals surface area (Å²) in [6, 6.07) is 11.7. The molecule has 28 heavy (non-hydrogen) atoms. The fraction of sp³-hybridized carbons (Fsp3) is 0.476. The summed E-state index contributed by atoms with van der Waals surface area (Å²) in [6.45, 7) is 5.88. The number of aromatic nitrogens is 1. The number of amides is 2. The lowest BCUT2D eigenvalue weighted by Gasteiger charge is -2.42. The van der Waals surface area contributed by atoms with Gasteiger partial charge in [0.25, 0.3) is 5.91 Å². The lowest BCUT2D eigenvalue weighted by atomic mass is 10.0. The van der Waals surface area contributed by atoms with Gasteiger partial charge in [0, 0.05) is 45.3 Å². The summed E-state index contributed by atoms with van der Waals surface area (Å²) in [5.74, 6) is 0.371. The van der Waals surface area contributed by atoms with Crippen molar-refractivity contribution in [3.8, 4) is 0 Å². The molecule has 2 amide bonds. The summed E-state index contributed by atoms with van der Waals surface area (Å²) >= 11 is 0. The van der Waals surface area contributed by atoms with Crippen LogP contribution in [-0.4, -0.2) is 70.4 Å². The highest BCUT2D eigenvalue weighted by molar-refractivity contribution is 5.91. The topological polar surface area (TPSA) is 69.9 Å². The molecule has 1 atom stereocenters. The van der Waals surface area contributed by atoms with Crippen LogP contribution >= 0.6 is 0 Å². The number of carbonyl (C=O) groups is 2. The predicted molar refractivity (Wildman–Crippen MR) is 104 cm³/mol. The van der Waals surface area contributed by atoms with Gasteiger partial charge in [-0.1, -0.05) is 35.5 Å². The number of hydrogen-bond acceptors (Lipinski definition) is 5. The van der Waals surface area contributed by atoms with E-state index in [4.69, 9.17) is 4.52 Å². The van der Waals surface area contributed by atoms with Crippen LogP contribution in [0.5, 0.6) is 0 Å². The SMILES string of the molecule is Cc1cc(C(=O)N2CCN([C@H]3CCCN(Cc4ccccc4)C3=O)CC2)on1. The maximum atomic E-state index is 13.0. The third-order valence-electron chi connectivity index (χ3n) is 5.60. The van der Waals surface area contributed by atoms with Crippen molar-refractivity contribution in [1.82, 2.24) is 19.9 Å². The van der Waals surface area contributed by atoms with Crippen LogP contribution in [0.25, 0.3) is 0 Å². The predicted octanol–water partition coefficient (Wildman–Crippen LogP) is 1.93. The Kier molecular flexibility index (Phi) is 5.43. The number of piperazine rings is 1. The number of hydrogen-bond donors (Lipinski definition) is 0. The molecular weight excluding hydrogens is 356 g/mol. The summed E-state index contributed by atoms with van der Waals surface area (Å²) in [5.41, 5.74) is 1.86. The zero-order valence-corrected chi connectivity index (χ0v) is 16.2. The van der Waals surface area contributed by atoms with Crippen LogP contribution < -0.4 is 0 Å². The van der Waals surface area contributed by atoms with Crippen molar-refractivity contribution < 1.29 is 14.1 Å². The highest BCUT2D eigenvalue weighted by Gasteiger charge is 2.35. The molecule has 0 aliphatic carbocycles. The minimum absolute atomic E-state index is 0.0813. The summed E-state index contributed by atoms with van der Waals surface area (Å²) in [7, 11) is 0. The number of piperidine rings is 1. The quantitative estimate of drug-likeness (QED) is 0.808. The van der Waals surface area contributed by atoms with Crippen LogP contribution in [-0.2, 0) is 11.3 Å². The molecule has 4 rings (SSSR count). The first-order chi connectivity index (χ1) is 13.6. The van der Waals surface area contributed by atoms with E-state index in [0.29, 0.717) is 38.4 Å². The Hall–Kier alpha value is -2.67. The van der Waals surface area contributed by atoms with Crippen LogP contribution in [0.3, 0.4) is 0 Å². The molecule has 148 valence electrons. The second kappa shape index (κ2) is 8.14. The molecule has 2 aromatic rings. The molecule has 1 aromatic carbocycles. The van der Waals surface area contributed by atoms with Crippen LogP contribution in [0.1, 0.15) is 34.7 Å². The monoisotopic (exact) mass is 382 g/mol. The van der Waals surface area contributed by atoms with Gasteiger partial charge in [-0.3, -0.25) is 14.5 Å². The highest BCUT2D eigenvalue weighted by Crippen LogP contribution is 2.21. The maximum absolute atomic E-state index is 13.0. The molecule has 2 fully saturated rings. The highest BCUT2D eigenvalue weighted by atomic mass is 16.5. The van der Waals surface area contributed by atoms with Gasteiger partial charge < -0.3 is 14.3 Å². The van der Waals surface area contributed by atoms with Gasteiger partial charge in [0.05, 0.1) is 11.7 Å². The molecule has 0 saturated carbocycles. The second-order valence-electron chi connectivity index (χ2n) is 7.56. The molecule has 7 heteroatoms. The van der Waals surface area contributed by atoms with E-state index in [1.807, 2.05) is 23.1 Å². The number of rotatable bonds is 4. The summed E-state index contributed by atoms with van der Waals surface area (Å²) in [6.07, 6.45) is 1.90. The van der Waals surface area contributed by atoms with E-state index in [1.165, 1.54) is 0 Å². The minimum Gasteiger partial charge on any atom is -0.351 e. The molecular formula is C21H26N4O3. The number of nitrogens with zero attached hydrogens (tertiary/aromatic N) is 4. The fourth-order valence-electron chi connectivity index (χ4n) is 4.08. The molecule has 0 radical (unpaired) electrons. The average molecular weight is 382 g/mol. The zero-order chi connectivity index (χ0) is 19.5. The number of benzene rings is 1. The zero-order valence-electron chi connectivity index (χ0n) is 16.2. The molecule has 0 spiro atoms. The molecule has 7 nitrogen and oxygen atoms in total. The molecule has 3 heterocycles. The van der Waals surface area contributed by atoms with Gasteiger partial charge in [-0.25, -0.2) is 0 Å². The third kappa shape index (κ3) is 3.94. The van der Waals surface area contributed by atoms with Gasteiger partial charge in [-0.2, -0.15) is 0 Å². The summed E-state index contributed by atoms with van der Waals surface area (Å²) < 4.78 is 5.09. The van der Waals surface area contributed by atoms with Gasteiger partial charge in [0.1, 0.15) is 0 Å². The van der Waals surface area contributed by atoms with E-state index in [1.54, 1.807) is 17.9 Å². The molecule has 2 aliphatic heterocycles. The van der Waals surface area contributed by atoms with Gasteiger partial charge in [0.15, 0.2) is 0 Å². The van der Waals surface area contributed by atoms with Crippen LogP contribution in [0, 0.1) is 6.92 Å². The van der Waals surface area contributed by atoms with Gasteiger partial charge in [-0.05, 0) is 25.3 Å². The van der Waals surface area contributed by atoms with E-state index in [2.05, 4.69) is 22.2 Å². The standard InChI is InChI=1S/C21H26N4O3/c1-16-14-19(28-22-16)21(27)24-12-10-23(11-13-24)18-8-5-9-25(20(18)26)15-17-6-3-2-4-7-17/h2-4,6-7,14,18H,5,8-13,15H2,1H3/t18-/m0/s1. The van der Waals surface area contributed by atoms with Crippen molar-refractivity contribution in [3.05, 3.63) is 53.4 Å². The summed E-state index contributed by atoms with van der Waals surface area (Å²) in [4.78, 5) is 31.5. The Morgan fingerprint density at radius 2 is 1.89 bits per heavy atom. The first kappa shape index (κ1) is 18.7. The minimum atomic E-state index is -0.124. The van der Waals surface area contributed by atoms with E-state index in [0.717, 1.165) is 24.9 Å². The van der Waals surface area contributed by atoms with Gasteiger partial charge >= 0.3 is 0 Å². The fourth-order valence-corrected chi connectivity index (χ4v) is 4.08. The lowest BCUT2D eigenvalue weighted by molar-refractivity contribution is -0.141. The van der Waals surface area contributed by atoms with Gasteiger partial charge in [0.2, 0.25) is 11.7 Å². The normalized spacial score (nSPS) is 21.2. The number of aryl methyl sites for hydroxylation is 1. The Balaban J connectivity index is 1.34. The number of carbonyl (C=O) groups excluding carboxylic acids is 2.